The van der Waals surface area contributed by atoms with Gasteiger partial charge in [-0.1, -0.05) is 53.2 Å². The van der Waals surface area contributed by atoms with Gasteiger partial charge in [-0.25, -0.2) is 0 Å². The van der Waals surface area contributed by atoms with Crippen LogP contribution in [-0.2, 0) is 4.79 Å². The summed E-state index contributed by atoms with van der Waals surface area (Å²) in [4.78, 5) is 12.2. The van der Waals surface area contributed by atoms with Crippen molar-refractivity contribution in [2.24, 2.45) is 0 Å². The molecule has 21 heavy (non-hydrogen) atoms. The Hall–Kier alpha value is -1.81. The first-order valence-corrected chi connectivity index (χ1v) is 7.69. The lowest BCUT2D eigenvalue weighted by Gasteiger charge is -2.25. The molecule has 0 aromatic heterocycles. The van der Waals surface area contributed by atoms with Crippen molar-refractivity contribution >= 4 is 27.5 Å². The van der Waals surface area contributed by atoms with Gasteiger partial charge in [0.2, 0.25) is 5.91 Å². The number of carbonyl (C=O) groups excluding carboxylic acids is 1. The zero-order valence-corrected chi connectivity index (χ0v) is 13.7. The van der Waals surface area contributed by atoms with Gasteiger partial charge in [-0.15, -0.1) is 0 Å². The Morgan fingerprint density at radius 2 is 1.67 bits per heavy atom. The quantitative estimate of drug-likeness (QED) is 0.864. The lowest BCUT2D eigenvalue weighted by molar-refractivity contribution is -0.121. The molecule has 2 atom stereocenters. The number of halogens is 1. The highest BCUT2D eigenvalue weighted by atomic mass is 79.9. The third kappa shape index (κ3) is 4.08. The van der Waals surface area contributed by atoms with E-state index in [1.165, 1.54) is 0 Å². The van der Waals surface area contributed by atoms with E-state index >= 15 is 0 Å². The predicted octanol–water partition coefficient (Wildman–Crippen LogP) is 3.78. The van der Waals surface area contributed by atoms with Crippen LogP contribution >= 0.6 is 15.9 Å². The van der Waals surface area contributed by atoms with E-state index in [9.17, 15) is 4.79 Å². The molecular weight excluding hydrogens is 328 g/mol. The highest BCUT2D eigenvalue weighted by Crippen LogP contribution is 2.24. The van der Waals surface area contributed by atoms with Crippen molar-refractivity contribution in [3.8, 4) is 0 Å². The normalized spacial score (nSPS) is 13.3. The molecule has 0 heterocycles. The molecule has 2 N–H and O–H groups in total. The summed E-state index contributed by atoms with van der Waals surface area (Å²) in [5, 5.41) is 6.06. The number of hydrogen-bond donors (Lipinski definition) is 2. The van der Waals surface area contributed by atoms with Crippen LogP contribution < -0.4 is 10.6 Å². The second kappa shape index (κ2) is 7.27. The Balaban J connectivity index is 2.23. The topological polar surface area (TPSA) is 41.1 Å². The van der Waals surface area contributed by atoms with Crippen molar-refractivity contribution in [1.29, 1.82) is 0 Å². The van der Waals surface area contributed by atoms with E-state index in [-0.39, 0.29) is 17.9 Å². The number of anilines is 1. The van der Waals surface area contributed by atoms with Crippen LogP contribution in [0.5, 0.6) is 0 Å². The SMILES string of the molecule is CNC(=O)[C@@H](Nc1ccccc1)[C@@H](C)c1ccc(Br)cc1. The van der Waals surface area contributed by atoms with Gasteiger partial charge in [0.25, 0.3) is 0 Å². The van der Waals surface area contributed by atoms with E-state index < -0.39 is 0 Å². The molecule has 4 heteroatoms. The number of benzene rings is 2. The van der Waals surface area contributed by atoms with Gasteiger partial charge in [-0.3, -0.25) is 4.79 Å². The number of para-hydroxylation sites is 1. The lowest BCUT2D eigenvalue weighted by atomic mass is 9.92. The molecule has 0 unspecified atom stereocenters. The molecule has 2 aromatic rings. The summed E-state index contributed by atoms with van der Waals surface area (Å²) < 4.78 is 1.03. The molecule has 0 fully saturated rings. The molecule has 2 rings (SSSR count). The first kappa shape index (κ1) is 15.6. The molecule has 0 spiro atoms. The monoisotopic (exact) mass is 346 g/mol. The van der Waals surface area contributed by atoms with Crippen LogP contribution in [0.3, 0.4) is 0 Å². The maximum Gasteiger partial charge on any atom is 0.242 e. The molecule has 0 saturated heterocycles. The minimum atomic E-state index is -0.321. The Kier molecular flexibility index (Phi) is 5.39. The largest absolute Gasteiger partial charge is 0.373 e. The third-order valence-corrected chi connectivity index (χ3v) is 4.05. The van der Waals surface area contributed by atoms with E-state index in [0.29, 0.717) is 0 Å². The number of likely N-dealkylation sites (N-methyl/N-ethyl adjacent to an activating group) is 1. The zero-order valence-electron chi connectivity index (χ0n) is 12.1. The fourth-order valence-corrected chi connectivity index (χ4v) is 2.51. The average molecular weight is 347 g/mol. The second-order valence-electron chi connectivity index (χ2n) is 4.94. The van der Waals surface area contributed by atoms with Crippen LogP contribution in [-0.4, -0.2) is 19.0 Å². The van der Waals surface area contributed by atoms with Crippen LogP contribution in [0.1, 0.15) is 18.4 Å². The Bertz CT molecular complexity index is 583. The standard InChI is InChI=1S/C17H19BrN2O/c1-12(13-8-10-14(18)11-9-13)16(17(21)19-2)20-15-6-4-3-5-7-15/h3-12,16,20H,1-2H3,(H,19,21)/t12-,16-/m0/s1. The van der Waals surface area contributed by atoms with E-state index in [0.717, 1.165) is 15.7 Å². The van der Waals surface area contributed by atoms with Crippen LogP contribution in [0.2, 0.25) is 0 Å². The number of carbonyl (C=O) groups is 1. The van der Waals surface area contributed by atoms with Gasteiger partial charge in [0.05, 0.1) is 0 Å². The van der Waals surface area contributed by atoms with E-state index in [4.69, 9.17) is 0 Å². The maximum absolute atomic E-state index is 12.2. The minimum Gasteiger partial charge on any atom is -0.373 e. The molecule has 1 amide bonds. The fourth-order valence-electron chi connectivity index (χ4n) is 2.25. The van der Waals surface area contributed by atoms with Gasteiger partial charge in [0.15, 0.2) is 0 Å². The Morgan fingerprint density at radius 3 is 2.24 bits per heavy atom. The zero-order chi connectivity index (χ0) is 15.2. The minimum absolute atomic E-state index is 0.0192. The van der Waals surface area contributed by atoms with Crippen LogP contribution in [0, 0.1) is 0 Å². The summed E-state index contributed by atoms with van der Waals surface area (Å²) in [7, 11) is 1.66. The molecule has 0 aliphatic heterocycles. The summed E-state index contributed by atoms with van der Waals surface area (Å²) in [6.07, 6.45) is 0. The van der Waals surface area contributed by atoms with Crippen LogP contribution in [0.25, 0.3) is 0 Å². The summed E-state index contributed by atoms with van der Waals surface area (Å²) in [6, 6.07) is 17.5. The predicted molar refractivity (Wildman–Crippen MR) is 90.5 cm³/mol. The van der Waals surface area contributed by atoms with Gasteiger partial charge in [-0.2, -0.15) is 0 Å². The molecule has 0 aliphatic rings. The lowest BCUT2D eigenvalue weighted by Crippen LogP contribution is -2.41. The Morgan fingerprint density at radius 1 is 1.05 bits per heavy atom. The summed E-state index contributed by atoms with van der Waals surface area (Å²) in [5.74, 6) is 0.0347. The van der Waals surface area contributed by atoms with Gasteiger partial charge < -0.3 is 10.6 Å². The number of nitrogens with one attached hydrogen (secondary N) is 2. The number of rotatable bonds is 5. The second-order valence-corrected chi connectivity index (χ2v) is 5.86. The molecule has 3 nitrogen and oxygen atoms in total. The van der Waals surface area contributed by atoms with E-state index in [1.54, 1.807) is 7.05 Å². The van der Waals surface area contributed by atoms with Gasteiger partial charge in [0.1, 0.15) is 6.04 Å². The molecule has 110 valence electrons. The van der Waals surface area contributed by atoms with Crippen LogP contribution in [0.15, 0.2) is 59.1 Å². The highest BCUT2D eigenvalue weighted by molar-refractivity contribution is 9.10. The van der Waals surface area contributed by atoms with Crippen molar-refractivity contribution in [2.45, 2.75) is 18.9 Å². The highest BCUT2D eigenvalue weighted by Gasteiger charge is 2.25. The van der Waals surface area contributed by atoms with Crippen molar-refractivity contribution in [1.82, 2.24) is 5.32 Å². The van der Waals surface area contributed by atoms with Gasteiger partial charge >= 0.3 is 0 Å². The molecular formula is C17H19BrN2O. The number of amides is 1. The van der Waals surface area contributed by atoms with Gasteiger partial charge in [0, 0.05) is 23.1 Å². The van der Waals surface area contributed by atoms with Gasteiger partial charge in [-0.05, 0) is 29.8 Å². The maximum atomic E-state index is 12.2. The molecule has 0 saturated carbocycles. The average Bonchev–Trinajstić information content (AvgIpc) is 2.53. The van der Waals surface area contributed by atoms with E-state index in [1.807, 2.05) is 54.6 Å². The van der Waals surface area contributed by atoms with Crippen molar-refractivity contribution < 1.29 is 4.79 Å². The third-order valence-electron chi connectivity index (χ3n) is 3.52. The van der Waals surface area contributed by atoms with Crippen molar-refractivity contribution in [3.63, 3.8) is 0 Å². The van der Waals surface area contributed by atoms with Crippen LogP contribution in [0.4, 0.5) is 5.69 Å². The van der Waals surface area contributed by atoms with E-state index in [2.05, 4.69) is 33.5 Å². The first-order valence-electron chi connectivity index (χ1n) is 6.90. The number of hydrogen-bond acceptors (Lipinski definition) is 2. The van der Waals surface area contributed by atoms with Crippen molar-refractivity contribution in [2.75, 3.05) is 12.4 Å². The molecule has 2 aromatic carbocycles. The van der Waals surface area contributed by atoms with Crippen molar-refractivity contribution in [3.05, 3.63) is 64.6 Å². The summed E-state index contributed by atoms with van der Waals surface area (Å²) >= 11 is 3.43. The molecule has 0 radical (unpaired) electrons. The molecule has 0 aliphatic carbocycles. The smallest absolute Gasteiger partial charge is 0.242 e. The molecule has 0 bridgehead atoms. The fraction of sp³-hybridized carbons (Fsp3) is 0.235. The summed E-state index contributed by atoms with van der Waals surface area (Å²) in [6.45, 7) is 2.05. The summed E-state index contributed by atoms with van der Waals surface area (Å²) in [5.41, 5.74) is 2.06. The Labute approximate surface area is 133 Å². The first-order chi connectivity index (χ1) is 10.1.